The molecule has 8 rings (SSSR count). The number of benzene rings is 3. The number of carbonyl (C=O) groups excluding carboxylic acids is 2. The minimum atomic E-state index is -0.379. The monoisotopic (exact) mass is 685 g/mol. The van der Waals surface area contributed by atoms with Gasteiger partial charge in [0.1, 0.15) is 24.0 Å². The predicted octanol–water partition coefficient (Wildman–Crippen LogP) is 8.30. The molecule has 1 saturated heterocycles. The summed E-state index contributed by atoms with van der Waals surface area (Å²) in [6.45, 7) is 5.35. The summed E-state index contributed by atoms with van der Waals surface area (Å²) >= 11 is 0. The standard InChI is InChI=1S/C41H40FN5O4/c1-25-19-28(23-47(22-25)40(49)50-24-27-7-4-3-5-8-27)45-39-44-18-14-35(46-39)31-9-6-17-43-38(31)51-37-26(2)10-11-29-30(37)12-13-34(42)32(29)20-36(48)33-21-41(33)15-16-41/h3-14,17-18,25,28,33H,15-16,19-24H2,1-2H3,(H,44,45,46)/t25-,28+,33-/m1/s1. The molecule has 3 heterocycles. The molecule has 1 N–H and O–H groups in total. The predicted molar refractivity (Wildman–Crippen MR) is 192 cm³/mol. The number of likely N-dealkylation sites (tertiary alicyclic amines) is 1. The van der Waals surface area contributed by atoms with Crippen molar-refractivity contribution in [2.75, 3.05) is 18.4 Å². The molecule has 3 atom stereocenters. The number of amides is 1. The summed E-state index contributed by atoms with van der Waals surface area (Å²) in [5.74, 6) is 1.38. The van der Waals surface area contributed by atoms with Crippen molar-refractivity contribution >= 4 is 28.6 Å². The fourth-order valence-corrected chi connectivity index (χ4v) is 7.59. The molecule has 3 aromatic carbocycles. The van der Waals surface area contributed by atoms with Gasteiger partial charge in [0.25, 0.3) is 0 Å². The van der Waals surface area contributed by atoms with Crippen LogP contribution in [-0.2, 0) is 22.6 Å². The van der Waals surface area contributed by atoms with Crippen molar-refractivity contribution in [2.24, 2.45) is 17.3 Å². The number of Topliss-reactive ketones (excluding diaryl/α,β-unsaturated/α-hetero) is 1. The van der Waals surface area contributed by atoms with E-state index < -0.39 is 0 Å². The number of nitrogens with zero attached hydrogens (tertiary/aromatic N) is 4. The van der Waals surface area contributed by atoms with E-state index in [1.54, 1.807) is 29.4 Å². The van der Waals surface area contributed by atoms with E-state index >= 15 is 4.39 Å². The van der Waals surface area contributed by atoms with Gasteiger partial charge in [-0.2, -0.15) is 0 Å². The van der Waals surface area contributed by atoms with Crippen molar-refractivity contribution in [3.63, 3.8) is 0 Å². The number of anilines is 1. The molecule has 1 aliphatic heterocycles. The summed E-state index contributed by atoms with van der Waals surface area (Å²) < 4.78 is 27.4. The molecule has 3 fully saturated rings. The molecule has 51 heavy (non-hydrogen) atoms. The van der Waals surface area contributed by atoms with E-state index in [4.69, 9.17) is 14.5 Å². The number of pyridine rings is 1. The molecule has 0 radical (unpaired) electrons. The highest BCUT2D eigenvalue weighted by Gasteiger charge is 2.65. The summed E-state index contributed by atoms with van der Waals surface area (Å²) in [6, 6.07) is 22.0. The Labute approximate surface area is 296 Å². The van der Waals surface area contributed by atoms with Gasteiger partial charge in [0.15, 0.2) is 0 Å². The number of aromatic nitrogens is 3. The average molecular weight is 686 g/mol. The van der Waals surface area contributed by atoms with E-state index in [2.05, 4.69) is 22.2 Å². The highest BCUT2D eigenvalue weighted by molar-refractivity contribution is 5.97. The number of hydrogen-bond donors (Lipinski definition) is 1. The number of ketones is 1. The van der Waals surface area contributed by atoms with E-state index in [0.717, 1.165) is 42.2 Å². The van der Waals surface area contributed by atoms with Crippen LogP contribution in [-0.4, -0.2) is 50.9 Å². The Morgan fingerprint density at radius 3 is 2.59 bits per heavy atom. The normalized spacial score (nSPS) is 20.2. The Balaban J connectivity index is 1.00. The van der Waals surface area contributed by atoms with Crippen LogP contribution in [0.5, 0.6) is 11.6 Å². The number of piperidine rings is 1. The number of carbonyl (C=O) groups is 2. The van der Waals surface area contributed by atoms with Crippen LogP contribution in [0.3, 0.4) is 0 Å². The van der Waals surface area contributed by atoms with Gasteiger partial charge in [-0.25, -0.2) is 24.1 Å². The largest absolute Gasteiger partial charge is 0.445 e. The third-order valence-corrected chi connectivity index (χ3v) is 10.6. The number of ether oxygens (including phenoxy) is 2. The zero-order valence-corrected chi connectivity index (χ0v) is 28.8. The minimum absolute atomic E-state index is 0.0681. The van der Waals surface area contributed by atoms with Crippen molar-refractivity contribution in [3.05, 3.63) is 108 Å². The number of fused-ring (bicyclic) bond motifs is 1. The van der Waals surface area contributed by atoms with Crippen molar-refractivity contribution < 1.29 is 23.5 Å². The second kappa shape index (κ2) is 13.4. The second-order valence-corrected chi connectivity index (χ2v) is 14.4. The van der Waals surface area contributed by atoms with Crippen molar-refractivity contribution in [1.82, 2.24) is 19.9 Å². The van der Waals surface area contributed by atoms with Gasteiger partial charge in [-0.1, -0.05) is 49.4 Å². The lowest BCUT2D eigenvalue weighted by atomic mass is 9.96. The summed E-state index contributed by atoms with van der Waals surface area (Å²) in [7, 11) is 0. The van der Waals surface area contributed by atoms with E-state index in [9.17, 15) is 9.59 Å². The maximum atomic E-state index is 15.3. The third-order valence-electron chi connectivity index (χ3n) is 10.6. The summed E-state index contributed by atoms with van der Waals surface area (Å²) in [4.78, 5) is 41.7. The second-order valence-electron chi connectivity index (χ2n) is 14.4. The number of nitrogens with one attached hydrogen (secondary N) is 1. The van der Waals surface area contributed by atoms with Gasteiger partial charge in [0.05, 0.1) is 11.3 Å². The number of rotatable bonds is 10. The highest BCUT2D eigenvalue weighted by Crippen LogP contribution is 2.71. The summed E-state index contributed by atoms with van der Waals surface area (Å²) in [6.07, 6.45) is 7.07. The Bertz CT molecular complexity index is 2120. The topological polar surface area (TPSA) is 107 Å². The zero-order chi connectivity index (χ0) is 35.1. The summed E-state index contributed by atoms with van der Waals surface area (Å²) in [5.41, 5.74) is 3.69. The first-order valence-electron chi connectivity index (χ1n) is 17.7. The van der Waals surface area contributed by atoms with Crippen molar-refractivity contribution in [2.45, 2.75) is 58.6 Å². The van der Waals surface area contributed by atoms with Gasteiger partial charge in [-0.15, -0.1) is 0 Å². The lowest BCUT2D eigenvalue weighted by Crippen LogP contribution is -2.48. The van der Waals surface area contributed by atoms with Crippen LogP contribution in [0.1, 0.15) is 49.3 Å². The van der Waals surface area contributed by atoms with E-state index in [1.165, 1.54) is 6.07 Å². The quantitative estimate of drug-likeness (QED) is 0.157. The van der Waals surface area contributed by atoms with Crippen LogP contribution in [0.2, 0.25) is 0 Å². The molecule has 5 aromatic rings. The van der Waals surface area contributed by atoms with E-state index in [0.29, 0.717) is 52.9 Å². The lowest BCUT2D eigenvalue weighted by molar-refractivity contribution is -0.120. The highest BCUT2D eigenvalue weighted by atomic mass is 19.1. The maximum absolute atomic E-state index is 15.3. The number of hydrogen-bond acceptors (Lipinski definition) is 8. The third kappa shape index (κ3) is 6.87. The molecule has 2 aromatic heterocycles. The number of halogens is 1. The van der Waals surface area contributed by atoms with Gasteiger partial charge < -0.3 is 19.7 Å². The SMILES string of the molecule is Cc1ccc2c(CC(=O)[C@H]3CC34CC4)c(F)ccc2c1Oc1ncccc1-c1ccnc(N[C@H]2C[C@@H](C)CN(C(=O)OCc3ccccc3)C2)n1. The average Bonchev–Trinajstić information content (AvgIpc) is 4.07. The van der Waals surface area contributed by atoms with Gasteiger partial charge in [-0.05, 0) is 90.8 Å². The molecule has 2 saturated carbocycles. The van der Waals surface area contributed by atoms with Crippen LogP contribution in [0.25, 0.3) is 22.0 Å². The Morgan fingerprint density at radius 1 is 0.961 bits per heavy atom. The number of aryl methyl sites for hydroxylation is 1. The van der Waals surface area contributed by atoms with Crippen LogP contribution < -0.4 is 10.1 Å². The molecular weight excluding hydrogens is 645 g/mol. The van der Waals surface area contributed by atoms with Gasteiger partial charge in [0.2, 0.25) is 11.8 Å². The maximum Gasteiger partial charge on any atom is 0.410 e. The Kier molecular flexibility index (Phi) is 8.61. The van der Waals surface area contributed by atoms with Crippen molar-refractivity contribution in [1.29, 1.82) is 0 Å². The zero-order valence-electron chi connectivity index (χ0n) is 28.8. The Hall–Kier alpha value is -5.38. The van der Waals surface area contributed by atoms with E-state index in [-0.39, 0.29) is 54.0 Å². The molecule has 0 unspecified atom stereocenters. The lowest BCUT2D eigenvalue weighted by Gasteiger charge is -2.36. The fraction of sp³-hybridized carbons (Fsp3) is 0.341. The first-order valence-corrected chi connectivity index (χ1v) is 17.7. The van der Waals surface area contributed by atoms with Gasteiger partial charge >= 0.3 is 6.09 Å². The molecule has 9 nitrogen and oxygen atoms in total. The van der Waals surface area contributed by atoms with E-state index in [1.807, 2.05) is 61.5 Å². The first kappa shape index (κ1) is 32.8. The molecule has 10 heteroatoms. The fourth-order valence-electron chi connectivity index (χ4n) is 7.59. The first-order chi connectivity index (χ1) is 24.8. The van der Waals surface area contributed by atoms with Crippen LogP contribution in [0.15, 0.2) is 85.2 Å². The van der Waals surface area contributed by atoms with Crippen LogP contribution >= 0.6 is 0 Å². The van der Waals surface area contributed by atoms with Crippen molar-refractivity contribution in [3.8, 4) is 22.9 Å². The molecule has 0 bridgehead atoms. The molecule has 3 aliphatic rings. The molecule has 1 spiro atoms. The molecule has 1 amide bonds. The molecular formula is C41H40FN5O4. The smallest absolute Gasteiger partial charge is 0.410 e. The summed E-state index contributed by atoms with van der Waals surface area (Å²) in [5, 5.41) is 4.82. The van der Waals surface area contributed by atoms with Gasteiger partial charge in [0, 0.05) is 54.8 Å². The Morgan fingerprint density at radius 2 is 1.78 bits per heavy atom. The van der Waals surface area contributed by atoms with Crippen LogP contribution in [0.4, 0.5) is 15.1 Å². The minimum Gasteiger partial charge on any atom is -0.445 e. The molecule has 2 aliphatic carbocycles. The van der Waals surface area contributed by atoms with Gasteiger partial charge in [-0.3, -0.25) is 4.79 Å². The molecule has 260 valence electrons. The van der Waals surface area contributed by atoms with Crippen LogP contribution in [0, 0.1) is 30.0 Å².